The first kappa shape index (κ1) is 13.0. The molecule has 0 heterocycles. The van der Waals surface area contributed by atoms with E-state index in [9.17, 15) is 0 Å². The van der Waals surface area contributed by atoms with Gasteiger partial charge in [0, 0.05) is 0 Å². The van der Waals surface area contributed by atoms with Crippen molar-refractivity contribution in [3.8, 4) is 0 Å². The Labute approximate surface area is 85.2 Å². The Balaban J connectivity index is 4.70. The van der Waals surface area contributed by atoms with Crippen LogP contribution in [0.25, 0.3) is 0 Å². The number of nitrogens with zero attached hydrogens (tertiary/aromatic N) is 1. The molecule has 0 aromatic heterocycles. The molecular formula is C8H24AsNSi2. The van der Waals surface area contributed by atoms with E-state index in [4.69, 9.17) is 0 Å². The van der Waals surface area contributed by atoms with Crippen LogP contribution >= 0.6 is 0 Å². The third-order valence-corrected chi connectivity index (χ3v) is 21.6. The van der Waals surface area contributed by atoms with Gasteiger partial charge in [-0.2, -0.15) is 0 Å². The molecule has 12 heavy (non-hydrogen) atoms. The van der Waals surface area contributed by atoms with Gasteiger partial charge < -0.3 is 0 Å². The Hall–Kier alpha value is 0.952. The minimum atomic E-state index is -1.03. The zero-order valence-electron chi connectivity index (χ0n) is 9.89. The fraction of sp³-hybridized carbons (Fsp3) is 1.00. The molecule has 0 rings (SSSR count). The standard InChI is InChI=1S/C8H24AsNSi2/c1-9(2)10(11(3,4)5)12(6,7)8/h1-8H3. The van der Waals surface area contributed by atoms with Crippen molar-refractivity contribution < 1.29 is 0 Å². The molecule has 0 atom stereocenters. The third-order valence-electron chi connectivity index (χ3n) is 1.67. The van der Waals surface area contributed by atoms with Gasteiger partial charge in [-0.3, -0.25) is 0 Å². The predicted octanol–water partition coefficient (Wildman–Crippen LogP) is 3.21. The van der Waals surface area contributed by atoms with E-state index in [1.165, 1.54) is 0 Å². The van der Waals surface area contributed by atoms with Crippen LogP contribution in [0.15, 0.2) is 0 Å². The molecule has 0 radical (unpaired) electrons. The van der Waals surface area contributed by atoms with Gasteiger partial charge in [0.2, 0.25) is 0 Å². The summed E-state index contributed by atoms with van der Waals surface area (Å²) in [5, 5.41) is 0. The van der Waals surface area contributed by atoms with E-state index in [-0.39, 0.29) is 0 Å². The molecule has 0 unspecified atom stereocenters. The van der Waals surface area contributed by atoms with Crippen LogP contribution in [0.3, 0.4) is 0 Å². The quantitative estimate of drug-likeness (QED) is 0.708. The van der Waals surface area contributed by atoms with Gasteiger partial charge in [-0.15, -0.1) is 0 Å². The first-order valence-electron chi connectivity index (χ1n) is 4.54. The third kappa shape index (κ3) is 3.77. The SMILES string of the molecule is C[As](C)N([Si](C)(C)C)[Si](C)(C)C. The van der Waals surface area contributed by atoms with Gasteiger partial charge in [-0.25, -0.2) is 0 Å². The summed E-state index contributed by atoms with van der Waals surface area (Å²) in [4.78, 5) is 0. The summed E-state index contributed by atoms with van der Waals surface area (Å²) in [7, 11) is -2.05. The summed E-state index contributed by atoms with van der Waals surface area (Å²) >= 11 is -0.644. The Kier molecular flexibility index (Phi) is 4.31. The van der Waals surface area contributed by atoms with Gasteiger partial charge in [0.05, 0.1) is 0 Å². The van der Waals surface area contributed by atoms with Crippen LogP contribution in [0.2, 0.25) is 50.7 Å². The van der Waals surface area contributed by atoms with Gasteiger partial charge in [-0.05, 0) is 0 Å². The normalized spacial score (nSPS) is 14.5. The number of rotatable bonds is 3. The maximum absolute atomic E-state index is 2.97. The van der Waals surface area contributed by atoms with Crippen LogP contribution in [0.4, 0.5) is 0 Å². The minimum absolute atomic E-state index is 0.644. The molecule has 1 nitrogen and oxygen atoms in total. The molecule has 0 aromatic carbocycles. The van der Waals surface area contributed by atoms with Gasteiger partial charge >= 0.3 is 85.2 Å². The van der Waals surface area contributed by atoms with Gasteiger partial charge in [0.15, 0.2) is 0 Å². The Morgan fingerprint density at radius 1 is 0.750 bits per heavy atom. The summed E-state index contributed by atoms with van der Waals surface area (Å²) in [5.74, 6) is 0. The van der Waals surface area contributed by atoms with Crippen LogP contribution in [-0.4, -0.2) is 34.5 Å². The van der Waals surface area contributed by atoms with Crippen molar-refractivity contribution in [2.75, 3.05) is 0 Å². The monoisotopic (exact) mass is 265 g/mol. The van der Waals surface area contributed by atoms with E-state index in [0.29, 0.717) is 0 Å². The fourth-order valence-electron chi connectivity index (χ4n) is 2.21. The van der Waals surface area contributed by atoms with Crippen molar-refractivity contribution >= 4 is 31.3 Å². The Morgan fingerprint density at radius 3 is 1.00 bits per heavy atom. The van der Waals surface area contributed by atoms with E-state index in [2.05, 4.69) is 53.9 Å². The van der Waals surface area contributed by atoms with E-state index in [1.807, 2.05) is 0 Å². The number of hydrogen-bond acceptors (Lipinski definition) is 1. The summed E-state index contributed by atoms with van der Waals surface area (Å²) in [6.45, 7) is 14.9. The maximum atomic E-state index is 2.97. The zero-order valence-corrected chi connectivity index (χ0v) is 13.8. The summed E-state index contributed by atoms with van der Waals surface area (Å²) in [6, 6.07) is 0. The van der Waals surface area contributed by atoms with Crippen molar-refractivity contribution in [3.63, 3.8) is 0 Å². The molecule has 0 aliphatic rings. The van der Waals surface area contributed by atoms with Crippen LogP contribution in [0.1, 0.15) is 0 Å². The molecule has 0 aromatic rings. The van der Waals surface area contributed by atoms with Gasteiger partial charge in [0.25, 0.3) is 0 Å². The van der Waals surface area contributed by atoms with Crippen LogP contribution in [0, 0.1) is 0 Å². The zero-order chi connectivity index (χ0) is 10.2. The Bertz CT molecular complexity index is 132. The molecule has 0 saturated heterocycles. The first-order chi connectivity index (χ1) is 5.07. The van der Waals surface area contributed by atoms with E-state index in [1.54, 1.807) is 0 Å². The second-order valence-electron chi connectivity index (χ2n) is 5.50. The Morgan fingerprint density at radius 2 is 1.00 bits per heavy atom. The molecule has 0 spiro atoms. The number of hydrogen-bond donors (Lipinski definition) is 0. The van der Waals surface area contributed by atoms with Crippen molar-refractivity contribution in [2.45, 2.75) is 50.7 Å². The molecule has 0 saturated carbocycles. The average Bonchev–Trinajstić information content (AvgIpc) is 1.49. The summed E-state index contributed by atoms with van der Waals surface area (Å²) in [5.41, 5.74) is 4.95. The van der Waals surface area contributed by atoms with E-state index in [0.717, 1.165) is 0 Å². The van der Waals surface area contributed by atoms with Crippen molar-refractivity contribution in [3.05, 3.63) is 0 Å². The first-order valence-corrected chi connectivity index (χ1v) is 16.0. The molecule has 0 amide bonds. The second-order valence-corrected chi connectivity index (χ2v) is 21.6. The summed E-state index contributed by atoms with van der Waals surface area (Å²) in [6.07, 6.45) is 0. The summed E-state index contributed by atoms with van der Waals surface area (Å²) < 4.78 is 2.97. The predicted molar refractivity (Wildman–Crippen MR) is 66.0 cm³/mol. The molecule has 4 heteroatoms. The molecule has 0 N–H and O–H groups in total. The van der Waals surface area contributed by atoms with Crippen LogP contribution in [-0.2, 0) is 0 Å². The fourth-order valence-corrected chi connectivity index (χ4v) is 27.8. The van der Waals surface area contributed by atoms with Gasteiger partial charge in [0.1, 0.15) is 0 Å². The van der Waals surface area contributed by atoms with Crippen molar-refractivity contribution in [1.29, 1.82) is 0 Å². The second kappa shape index (κ2) is 3.99. The van der Waals surface area contributed by atoms with Crippen LogP contribution in [0.5, 0.6) is 0 Å². The van der Waals surface area contributed by atoms with Crippen LogP contribution < -0.4 is 0 Å². The topological polar surface area (TPSA) is 3.24 Å². The molecule has 0 aliphatic heterocycles. The molecular weight excluding hydrogens is 241 g/mol. The molecule has 74 valence electrons. The van der Waals surface area contributed by atoms with E-state index >= 15 is 0 Å². The van der Waals surface area contributed by atoms with Crippen molar-refractivity contribution in [2.24, 2.45) is 0 Å². The molecule has 0 aliphatic carbocycles. The van der Waals surface area contributed by atoms with Crippen molar-refractivity contribution in [1.82, 2.24) is 3.15 Å². The average molecular weight is 265 g/mol. The molecule has 0 bridgehead atoms. The van der Waals surface area contributed by atoms with E-state index < -0.39 is 31.3 Å². The van der Waals surface area contributed by atoms with Gasteiger partial charge in [-0.1, -0.05) is 0 Å². The molecule has 0 fully saturated rings.